The second-order valence-electron chi connectivity index (χ2n) is 8.82. The molecule has 0 unspecified atom stereocenters. The minimum atomic E-state index is -1.74. The molecular formula is C25H33ClO2Si. The van der Waals surface area contributed by atoms with E-state index in [4.69, 9.17) is 16.0 Å². The Balaban J connectivity index is 2.12. The van der Waals surface area contributed by atoms with Crippen LogP contribution in [-0.2, 0) is 4.43 Å². The van der Waals surface area contributed by atoms with Crippen LogP contribution in [0.1, 0.15) is 43.9 Å². The molecule has 0 fully saturated rings. The Morgan fingerprint density at radius 1 is 1.00 bits per heavy atom. The molecule has 2 rings (SSSR count). The van der Waals surface area contributed by atoms with Gasteiger partial charge in [-0.15, -0.1) is 0 Å². The Labute approximate surface area is 182 Å². The van der Waals surface area contributed by atoms with E-state index in [1.54, 1.807) is 0 Å². The molecule has 0 aromatic heterocycles. The van der Waals surface area contributed by atoms with E-state index in [9.17, 15) is 5.11 Å². The minimum absolute atomic E-state index is 0.193. The van der Waals surface area contributed by atoms with Crippen LogP contribution in [0, 0.1) is 0 Å². The summed E-state index contributed by atoms with van der Waals surface area (Å²) in [5.74, 6) is -0.193. The molecule has 0 spiro atoms. The van der Waals surface area contributed by atoms with Gasteiger partial charge in [-0.2, -0.15) is 0 Å². The fourth-order valence-corrected chi connectivity index (χ4v) is 3.91. The van der Waals surface area contributed by atoms with E-state index in [2.05, 4.69) is 33.9 Å². The second kappa shape index (κ2) is 10.4. The summed E-state index contributed by atoms with van der Waals surface area (Å²) in [4.78, 5) is 0. The van der Waals surface area contributed by atoms with Crippen LogP contribution in [0.5, 0.6) is 0 Å². The third-order valence-corrected chi connectivity index (χ3v) is 10.4. The SMILES string of the molecule is CC(C)(C)[Si](C)(C)OC/C=C/C=C\[C@H](c1cccc(Cl)c1)[C@H](O)c1ccccc1. The first-order valence-corrected chi connectivity index (χ1v) is 13.4. The Morgan fingerprint density at radius 2 is 1.66 bits per heavy atom. The Bertz CT molecular complexity index is 822. The van der Waals surface area contributed by atoms with Crippen molar-refractivity contribution in [3.8, 4) is 0 Å². The smallest absolute Gasteiger partial charge is 0.192 e. The summed E-state index contributed by atoms with van der Waals surface area (Å²) >= 11 is 6.19. The van der Waals surface area contributed by atoms with Gasteiger partial charge in [0.2, 0.25) is 0 Å². The van der Waals surface area contributed by atoms with Crippen molar-refractivity contribution in [1.29, 1.82) is 0 Å². The molecule has 0 bridgehead atoms. The zero-order valence-electron chi connectivity index (χ0n) is 18.1. The van der Waals surface area contributed by atoms with Gasteiger partial charge in [0.1, 0.15) is 0 Å². The molecule has 29 heavy (non-hydrogen) atoms. The minimum Gasteiger partial charge on any atom is -0.413 e. The highest BCUT2D eigenvalue weighted by Gasteiger charge is 2.36. The molecule has 2 atom stereocenters. The fourth-order valence-electron chi connectivity index (χ4n) is 2.76. The average molecular weight is 429 g/mol. The molecule has 0 saturated carbocycles. The highest BCUT2D eigenvalue weighted by Crippen LogP contribution is 2.36. The van der Waals surface area contributed by atoms with Gasteiger partial charge < -0.3 is 9.53 Å². The molecular weight excluding hydrogens is 396 g/mol. The average Bonchev–Trinajstić information content (AvgIpc) is 2.66. The number of halogens is 1. The highest BCUT2D eigenvalue weighted by atomic mass is 35.5. The summed E-state index contributed by atoms with van der Waals surface area (Å²) in [6.45, 7) is 11.8. The quantitative estimate of drug-likeness (QED) is 0.353. The van der Waals surface area contributed by atoms with Crippen LogP contribution in [0.25, 0.3) is 0 Å². The van der Waals surface area contributed by atoms with Gasteiger partial charge in [-0.25, -0.2) is 0 Å². The van der Waals surface area contributed by atoms with Gasteiger partial charge >= 0.3 is 0 Å². The van der Waals surface area contributed by atoms with E-state index in [0.29, 0.717) is 11.6 Å². The zero-order valence-corrected chi connectivity index (χ0v) is 19.9. The monoisotopic (exact) mass is 428 g/mol. The van der Waals surface area contributed by atoms with Crippen molar-refractivity contribution in [2.45, 2.75) is 50.9 Å². The van der Waals surface area contributed by atoms with Crippen molar-refractivity contribution in [3.63, 3.8) is 0 Å². The van der Waals surface area contributed by atoms with E-state index in [0.717, 1.165) is 11.1 Å². The van der Waals surface area contributed by atoms with Gasteiger partial charge in [-0.05, 0) is 41.4 Å². The molecule has 0 amide bonds. The number of benzene rings is 2. The number of aliphatic hydroxyl groups is 1. The molecule has 2 aromatic carbocycles. The molecule has 0 aliphatic rings. The van der Waals surface area contributed by atoms with Crippen molar-refractivity contribution >= 4 is 19.9 Å². The third kappa shape index (κ3) is 6.97. The molecule has 0 aliphatic carbocycles. The number of rotatable bonds is 8. The molecule has 1 N–H and O–H groups in total. The van der Waals surface area contributed by atoms with E-state index in [1.165, 1.54) is 0 Å². The van der Waals surface area contributed by atoms with Gasteiger partial charge in [0.15, 0.2) is 8.32 Å². The van der Waals surface area contributed by atoms with Crippen LogP contribution in [0.15, 0.2) is 78.9 Å². The predicted molar refractivity (Wildman–Crippen MR) is 127 cm³/mol. The molecule has 0 heterocycles. The second-order valence-corrected chi connectivity index (χ2v) is 14.1. The molecule has 156 valence electrons. The Kier molecular flexibility index (Phi) is 8.47. The lowest BCUT2D eigenvalue weighted by Crippen LogP contribution is -2.40. The molecule has 2 aromatic rings. The molecule has 2 nitrogen and oxygen atoms in total. The first-order valence-electron chi connectivity index (χ1n) is 10.1. The first-order chi connectivity index (χ1) is 13.6. The number of allylic oxidation sites excluding steroid dienone is 2. The van der Waals surface area contributed by atoms with E-state index < -0.39 is 14.4 Å². The van der Waals surface area contributed by atoms with Gasteiger partial charge in [0.05, 0.1) is 12.7 Å². The summed E-state index contributed by atoms with van der Waals surface area (Å²) in [6, 6.07) is 17.4. The third-order valence-electron chi connectivity index (χ3n) is 5.63. The van der Waals surface area contributed by atoms with Crippen LogP contribution in [-0.4, -0.2) is 20.0 Å². The summed E-state index contributed by atoms with van der Waals surface area (Å²) in [6.07, 6.45) is 7.37. The first kappa shape index (κ1) is 23.6. The molecule has 4 heteroatoms. The van der Waals surface area contributed by atoms with Crippen LogP contribution in [0.3, 0.4) is 0 Å². The van der Waals surface area contributed by atoms with E-state index >= 15 is 0 Å². The van der Waals surface area contributed by atoms with Crippen molar-refractivity contribution < 1.29 is 9.53 Å². The lowest BCUT2D eigenvalue weighted by atomic mass is 9.89. The molecule has 0 radical (unpaired) electrons. The van der Waals surface area contributed by atoms with Gasteiger partial charge in [0, 0.05) is 10.9 Å². The molecule has 0 aliphatic heterocycles. The summed E-state index contributed by atoms with van der Waals surface area (Å²) in [5.41, 5.74) is 1.86. The number of hydrogen-bond donors (Lipinski definition) is 1. The van der Waals surface area contributed by atoms with E-state index in [-0.39, 0.29) is 11.0 Å². The van der Waals surface area contributed by atoms with Crippen LogP contribution >= 0.6 is 11.6 Å². The Hall–Kier alpha value is -1.65. The van der Waals surface area contributed by atoms with Crippen molar-refractivity contribution in [1.82, 2.24) is 0 Å². The maximum atomic E-state index is 11.0. The summed E-state index contributed by atoms with van der Waals surface area (Å²) in [7, 11) is -1.74. The van der Waals surface area contributed by atoms with Crippen LogP contribution < -0.4 is 0 Å². The predicted octanol–water partition coefficient (Wildman–Crippen LogP) is 7.29. The maximum absolute atomic E-state index is 11.0. The number of aliphatic hydroxyl groups excluding tert-OH is 1. The fraction of sp³-hybridized carbons (Fsp3) is 0.360. The topological polar surface area (TPSA) is 29.5 Å². The zero-order chi connectivity index (χ0) is 21.5. The van der Waals surface area contributed by atoms with Crippen molar-refractivity contribution in [2.24, 2.45) is 0 Å². The van der Waals surface area contributed by atoms with Gasteiger partial charge in [-0.3, -0.25) is 0 Å². The van der Waals surface area contributed by atoms with Crippen molar-refractivity contribution in [3.05, 3.63) is 95.1 Å². The Morgan fingerprint density at radius 3 is 2.28 bits per heavy atom. The van der Waals surface area contributed by atoms with Crippen LogP contribution in [0.4, 0.5) is 0 Å². The van der Waals surface area contributed by atoms with Gasteiger partial charge in [0.25, 0.3) is 0 Å². The molecule has 0 saturated heterocycles. The summed E-state index contributed by atoms with van der Waals surface area (Å²) in [5, 5.41) is 11.9. The summed E-state index contributed by atoms with van der Waals surface area (Å²) < 4.78 is 6.17. The normalized spacial score (nSPS) is 15.1. The maximum Gasteiger partial charge on any atom is 0.192 e. The van der Waals surface area contributed by atoms with Crippen LogP contribution in [0.2, 0.25) is 23.2 Å². The standard InChI is InChI=1S/C25H33ClO2Si/c1-25(2,3)29(4,5)28-18-11-7-10-17-23(21-15-12-16-22(26)19-21)24(27)20-13-8-6-9-14-20/h6-17,19,23-24,27H,18H2,1-5H3/b11-7+,17-10-/t23-,24-/m1/s1. The highest BCUT2D eigenvalue weighted by molar-refractivity contribution is 6.74. The van der Waals surface area contributed by atoms with Gasteiger partial charge in [-0.1, -0.05) is 99.1 Å². The van der Waals surface area contributed by atoms with E-state index in [1.807, 2.05) is 78.9 Å². The lowest BCUT2D eigenvalue weighted by Gasteiger charge is -2.35. The lowest BCUT2D eigenvalue weighted by molar-refractivity contribution is 0.162. The van der Waals surface area contributed by atoms with Crippen molar-refractivity contribution in [2.75, 3.05) is 6.61 Å². The largest absolute Gasteiger partial charge is 0.413 e. The number of hydrogen-bond acceptors (Lipinski definition) is 2.